The van der Waals surface area contributed by atoms with Crippen LogP contribution in [0.25, 0.3) is 11.1 Å². The van der Waals surface area contributed by atoms with Crippen molar-refractivity contribution in [2.45, 2.75) is 38.6 Å². The summed E-state index contributed by atoms with van der Waals surface area (Å²) in [5.74, 6) is 0.971. The number of aromatic amines is 1. The highest BCUT2D eigenvalue weighted by molar-refractivity contribution is 5.67. The second kappa shape index (κ2) is 7.64. The third-order valence-electron chi connectivity index (χ3n) is 5.26. The van der Waals surface area contributed by atoms with E-state index in [0.29, 0.717) is 5.56 Å². The predicted molar refractivity (Wildman–Crippen MR) is 99.3 cm³/mol. The van der Waals surface area contributed by atoms with Gasteiger partial charge in [0.2, 0.25) is 0 Å². The van der Waals surface area contributed by atoms with Gasteiger partial charge in [-0.1, -0.05) is 13.0 Å². The Labute approximate surface area is 157 Å². The normalized spacial score (nSPS) is 18.1. The van der Waals surface area contributed by atoms with Crippen LogP contribution in [0.4, 0.5) is 8.78 Å². The minimum atomic E-state index is -0.562. The van der Waals surface area contributed by atoms with E-state index < -0.39 is 11.6 Å². The summed E-state index contributed by atoms with van der Waals surface area (Å²) in [7, 11) is 0. The van der Waals surface area contributed by atoms with E-state index in [2.05, 4.69) is 22.0 Å². The summed E-state index contributed by atoms with van der Waals surface area (Å²) in [6, 6.07) is 7.99. The lowest BCUT2D eigenvalue weighted by atomic mass is 9.90. The molecular formula is C21H23F2N3O. The number of hydrogen-bond donors (Lipinski definition) is 1. The molecule has 0 unspecified atom stereocenters. The lowest BCUT2D eigenvalue weighted by molar-refractivity contribution is 0.184. The second-order valence-corrected chi connectivity index (χ2v) is 7.09. The predicted octanol–water partition coefficient (Wildman–Crippen LogP) is 4.89. The molecule has 27 heavy (non-hydrogen) atoms. The zero-order valence-electron chi connectivity index (χ0n) is 15.3. The van der Waals surface area contributed by atoms with Crippen LogP contribution in [-0.4, -0.2) is 28.2 Å². The Morgan fingerprint density at radius 1 is 1.19 bits per heavy atom. The van der Waals surface area contributed by atoms with Gasteiger partial charge in [-0.3, -0.25) is 10.00 Å². The van der Waals surface area contributed by atoms with E-state index in [-0.39, 0.29) is 11.5 Å². The highest BCUT2D eigenvalue weighted by Crippen LogP contribution is 2.35. The van der Waals surface area contributed by atoms with Crippen LogP contribution in [0, 0.1) is 11.6 Å². The Kier molecular flexibility index (Phi) is 5.07. The maximum atomic E-state index is 14.3. The van der Waals surface area contributed by atoms with Crippen molar-refractivity contribution < 1.29 is 13.2 Å². The van der Waals surface area contributed by atoms with Gasteiger partial charge in [0.1, 0.15) is 23.2 Å². The topological polar surface area (TPSA) is 45.1 Å². The van der Waals surface area contributed by atoms with Crippen LogP contribution < -0.4 is 0 Å². The first-order valence-corrected chi connectivity index (χ1v) is 9.43. The van der Waals surface area contributed by atoms with Crippen molar-refractivity contribution in [2.75, 3.05) is 13.1 Å². The number of hydrogen-bond acceptors (Lipinski definition) is 3. The van der Waals surface area contributed by atoms with Crippen LogP contribution in [0.2, 0.25) is 0 Å². The zero-order chi connectivity index (χ0) is 18.8. The summed E-state index contributed by atoms with van der Waals surface area (Å²) in [6.45, 7) is 4.60. The molecule has 0 saturated carbocycles. The Morgan fingerprint density at radius 2 is 1.96 bits per heavy atom. The number of aromatic nitrogens is 2. The number of rotatable bonds is 5. The Hall–Kier alpha value is -2.47. The van der Waals surface area contributed by atoms with E-state index in [1.807, 2.05) is 12.1 Å². The van der Waals surface area contributed by atoms with E-state index in [1.54, 1.807) is 0 Å². The minimum absolute atomic E-state index is 0.00278. The number of nitrogens with zero attached hydrogens (tertiary/aromatic N) is 2. The van der Waals surface area contributed by atoms with Gasteiger partial charge >= 0.3 is 0 Å². The molecule has 3 heterocycles. The molecule has 0 spiro atoms. The van der Waals surface area contributed by atoms with Crippen molar-refractivity contribution in [3.8, 4) is 11.1 Å². The molecule has 3 aromatic rings. The third-order valence-corrected chi connectivity index (χ3v) is 5.26. The molecule has 6 heteroatoms. The number of aryl methyl sites for hydroxylation is 1. The first kappa shape index (κ1) is 17.9. The molecule has 0 aliphatic carbocycles. The molecule has 1 atom stereocenters. The molecular weight excluding hydrogens is 348 g/mol. The van der Waals surface area contributed by atoms with Gasteiger partial charge in [-0.05, 0) is 43.7 Å². The van der Waals surface area contributed by atoms with E-state index in [4.69, 9.17) is 4.42 Å². The van der Waals surface area contributed by atoms with Crippen molar-refractivity contribution in [2.24, 2.45) is 0 Å². The Bertz CT molecular complexity index is 898. The first-order valence-electron chi connectivity index (χ1n) is 9.43. The summed E-state index contributed by atoms with van der Waals surface area (Å²) >= 11 is 0. The van der Waals surface area contributed by atoms with E-state index in [0.717, 1.165) is 56.1 Å². The number of furan rings is 1. The summed E-state index contributed by atoms with van der Waals surface area (Å²) in [4.78, 5) is 2.33. The van der Waals surface area contributed by atoms with Gasteiger partial charge in [0.05, 0.1) is 18.3 Å². The van der Waals surface area contributed by atoms with E-state index in [1.165, 1.54) is 24.4 Å². The maximum Gasteiger partial charge on any atom is 0.134 e. The largest absolute Gasteiger partial charge is 0.465 e. The van der Waals surface area contributed by atoms with Crippen LogP contribution in [0.3, 0.4) is 0 Å². The second-order valence-electron chi connectivity index (χ2n) is 7.09. The van der Waals surface area contributed by atoms with Crippen molar-refractivity contribution in [3.05, 3.63) is 65.4 Å². The lowest BCUT2D eigenvalue weighted by Crippen LogP contribution is -2.34. The summed E-state index contributed by atoms with van der Waals surface area (Å²) < 4.78 is 34.3. The van der Waals surface area contributed by atoms with Gasteiger partial charge in [-0.2, -0.15) is 5.10 Å². The molecule has 1 aliphatic rings. The smallest absolute Gasteiger partial charge is 0.134 e. The molecule has 2 aromatic heterocycles. The van der Waals surface area contributed by atoms with Crippen LogP contribution >= 0.6 is 0 Å². The molecule has 0 radical (unpaired) electrons. The van der Waals surface area contributed by atoms with Gasteiger partial charge in [0.25, 0.3) is 0 Å². The van der Waals surface area contributed by atoms with Crippen LogP contribution in [0.15, 0.2) is 40.9 Å². The van der Waals surface area contributed by atoms with Crippen molar-refractivity contribution >= 4 is 0 Å². The molecule has 0 amide bonds. The average Bonchev–Trinajstić information content (AvgIpc) is 3.31. The highest BCUT2D eigenvalue weighted by atomic mass is 19.1. The van der Waals surface area contributed by atoms with Crippen LogP contribution in [0.5, 0.6) is 0 Å². The molecule has 1 aliphatic heterocycles. The Balaban J connectivity index is 1.55. The summed E-state index contributed by atoms with van der Waals surface area (Å²) in [6.07, 6.45) is 4.38. The number of H-pyrrole nitrogens is 1. The molecule has 1 fully saturated rings. The number of nitrogens with one attached hydrogen (secondary N) is 1. The molecule has 4 rings (SSSR count). The minimum Gasteiger partial charge on any atom is -0.465 e. The molecule has 142 valence electrons. The fourth-order valence-corrected chi connectivity index (χ4v) is 3.91. The standard InChI is InChI=1S/C21H23F2N3O/c1-2-15-8-9-16(27-15)13-26-10-4-5-14(12-26)21-17(11-24-25-21)20-18(22)6-3-7-19(20)23/h3,6-9,11,14H,2,4-5,10,12-13H2,1H3,(H,24,25)/t14-/m0/s1. The lowest BCUT2D eigenvalue weighted by Gasteiger charge is -2.32. The van der Waals surface area contributed by atoms with Crippen LogP contribution in [0.1, 0.15) is 42.9 Å². The molecule has 0 bridgehead atoms. The van der Waals surface area contributed by atoms with Gasteiger partial charge in [0.15, 0.2) is 0 Å². The highest BCUT2D eigenvalue weighted by Gasteiger charge is 2.27. The van der Waals surface area contributed by atoms with Crippen molar-refractivity contribution in [3.63, 3.8) is 0 Å². The first-order chi connectivity index (χ1) is 13.2. The zero-order valence-corrected chi connectivity index (χ0v) is 15.3. The van der Waals surface area contributed by atoms with Crippen molar-refractivity contribution in [1.29, 1.82) is 0 Å². The quantitative estimate of drug-likeness (QED) is 0.694. The monoisotopic (exact) mass is 371 g/mol. The number of halogens is 2. The third kappa shape index (κ3) is 3.67. The van der Waals surface area contributed by atoms with Crippen molar-refractivity contribution in [1.82, 2.24) is 15.1 Å². The van der Waals surface area contributed by atoms with Gasteiger partial charge in [-0.15, -0.1) is 0 Å². The number of benzene rings is 1. The maximum absolute atomic E-state index is 14.3. The SMILES string of the molecule is CCc1ccc(CN2CCC[C@H](c3[nH]ncc3-c3c(F)cccc3F)C2)o1. The number of likely N-dealkylation sites (tertiary alicyclic amines) is 1. The van der Waals surface area contributed by atoms with Crippen LogP contribution in [-0.2, 0) is 13.0 Å². The summed E-state index contributed by atoms with van der Waals surface area (Å²) in [5.41, 5.74) is 1.32. The fourth-order valence-electron chi connectivity index (χ4n) is 3.91. The van der Waals surface area contributed by atoms with Gasteiger partial charge in [-0.25, -0.2) is 8.78 Å². The average molecular weight is 371 g/mol. The summed E-state index contributed by atoms with van der Waals surface area (Å²) in [5, 5.41) is 7.08. The van der Waals surface area contributed by atoms with E-state index in [9.17, 15) is 8.78 Å². The fraction of sp³-hybridized carbons (Fsp3) is 0.381. The molecule has 1 aromatic carbocycles. The number of piperidine rings is 1. The van der Waals surface area contributed by atoms with Gasteiger partial charge < -0.3 is 4.42 Å². The van der Waals surface area contributed by atoms with E-state index >= 15 is 0 Å². The molecule has 1 N–H and O–H groups in total. The molecule has 1 saturated heterocycles. The molecule has 4 nitrogen and oxygen atoms in total. The Morgan fingerprint density at radius 3 is 2.70 bits per heavy atom. The van der Waals surface area contributed by atoms with Gasteiger partial charge in [0, 0.05) is 30.1 Å².